The number of aryl methyl sites for hydroxylation is 1. The fourth-order valence-electron chi connectivity index (χ4n) is 2.45. The third-order valence-electron chi connectivity index (χ3n) is 4.04. The summed E-state index contributed by atoms with van der Waals surface area (Å²) in [4.78, 5) is 23.9. The Morgan fingerprint density at radius 2 is 1.50 bits per heavy atom. The molecular formula is C21H23Br3N2O4. The molecule has 0 unspecified atom stereocenters. The summed E-state index contributed by atoms with van der Waals surface area (Å²) < 4.78 is 13.4. The van der Waals surface area contributed by atoms with Gasteiger partial charge in [-0.3, -0.25) is 20.4 Å². The Morgan fingerprint density at radius 1 is 0.900 bits per heavy atom. The van der Waals surface area contributed by atoms with Crippen molar-refractivity contribution in [2.75, 3.05) is 13.2 Å². The molecule has 2 aromatic carbocycles. The quantitative estimate of drug-likeness (QED) is 0.444. The lowest BCUT2D eigenvalue weighted by atomic mass is 9.87. The van der Waals surface area contributed by atoms with Crippen molar-refractivity contribution in [2.45, 2.75) is 33.1 Å². The van der Waals surface area contributed by atoms with Crippen LogP contribution in [0.5, 0.6) is 11.5 Å². The van der Waals surface area contributed by atoms with Crippen molar-refractivity contribution in [1.29, 1.82) is 0 Å². The lowest BCUT2D eigenvalue weighted by Gasteiger charge is -2.20. The Hall–Kier alpha value is -1.58. The number of hydrazine groups is 1. The Morgan fingerprint density at radius 3 is 2.03 bits per heavy atom. The number of carbonyl (C=O) groups is 2. The van der Waals surface area contributed by atoms with E-state index >= 15 is 0 Å². The van der Waals surface area contributed by atoms with Crippen LogP contribution in [0.2, 0.25) is 0 Å². The summed E-state index contributed by atoms with van der Waals surface area (Å²) in [7, 11) is 0. The summed E-state index contributed by atoms with van der Waals surface area (Å²) in [6.07, 6.45) is 0. The minimum absolute atomic E-state index is 0.00908. The summed E-state index contributed by atoms with van der Waals surface area (Å²) in [6.45, 7) is 7.73. The van der Waals surface area contributed by atoms with E-state index in [0.717, 1.165) is 24.5 Å². The molecule has 0 saturated heterocycles. The number of halogens is 3. The van der Waals surface area contributed by atoms with E-state index in [-0.39, 0.29) is 18.6 Å². The number of carbonyl (C=O) groups excluding carboxylic acids is 2. The Labute approximate surface area is 201 Å². The maximum atomic E-state index is 12.0. The van der Waals surface area contributed by atoms with Gasteiger partial charge >= 0.3 is 0 Å². The van der Waals surface area contributed by atoms with Gasteiger partial charge in [-0.05, 0) is 79.6 Å². The van der Waals surface area contributed by atoms with E-state index in [4.69, 9.17) is 9.47 Å². The highest BCUT2D eigenvalue weighted by atomic mass is 79.9. The predicted molar refractivity (Wildman–Crippen MR) is 127 cm³/mol. The van der Waals surface area contributed by atoms with Gasteiger partial charge in [0.15, 0.2) is 13.2 Å². The van der Waals surface area contributed by atoms with Crippen molar-refractivity contribution in [2.24, 2.45) is 0 Å². The van der Waals surface area contributed by atoms with Crippen LogP contribution in [0.4, 0.5) is 0 Å². The highest BCUT2D eigenvalue weighted by Crippen LogP contribution is 2.32. The molecule has 0 aliphatic heterocycles. The van der Waals surface area contributed by atoms with Crippen molar-refractivity contribution in [3.8, 4) is 11.5 Å². The van der Waals surface area contributed by atoms with Crippen molar-refractivity contribution < 1.29 is 19.1 Å². The second kappa shape index (κ2) is 10.6. The highest BCUT2D eigenvalue weighted by Gasteiger charge is 2.16. The molecule has 0 spiro atoms. The van der Waals surface area contributed by atoms with Crippen LogP contribution in [-0.2, 0) is 15.0 Å². The Bertz CT molecular complexity index is 919. The third kappa shape index (κ3) is 7.28. The number of benzene rings is 2. The minimum atomic E-state index is -0.492. The molecule has 0 aliphatic rings. The maximum Gasteiger partial charge on any atom is 0.276 e. The summed E-state index contributed by atoms with van der Waals surface area (Å²) >= 11 is 10.2. The van der Waals surface area contributed by atoms with Crippen LogP contribution in [0.3, 0.4) is 0 Å². The second-order valence-electron chi connectivity index (χ2n) is 7.60. The molecule has 2 aromatic rings. The largest absolute Gasteiger partial charge is 0.483 e. The highest BCUT2D eigenvalue weighted by molar-refractivity contribution is 9.11. The zero-order chi connectivity index (χ0) is 22.5. The molecule has 9 heteroatoms. The monoisotopic (exact) mass is 604 g/mol. The molecule has 0 heterocycles. The first-order valence-corrected chi connectivity index (χ1v) is 11.4. The van der Waals surface area contributed by atoms with E-state index < -0.39 is 11.8 Å². The lowest BCUT2D eigenvalue weighted by Crippen LogP contribution is -2.45. The first-order chi connectivity index (χ1) is 14.0. The van der Waals surface area contributed by atoms with E-state index in [1.807, 2.05) is 37.3 Å². The molecule has 0 saturated carbocycles. The summed E-state index contributed by atoms with van der Waals surface area (Å²) in [5.74, 6) is 0.124. The van der Waals surface area contributed by atoms with Gasteiger partial charge in [-0.25, -0.2) is 0 Å². The van der Waals surface area contributed by atoms with Gasteiger partial charge in [-0.15, -0.1) is 0 Å². The SMILES string of the molecule is Cc1cc(Br)cc(Br)c1OCC(=O)NNC(=O)COc1ccc(C(C)(C)C)cc1Br. The van der Waals surface area contributed by atoms with Crippen LogP contribution < -0.4 is 20.3 Å². The van der Waals surface area contributed by atoms with Crippen LogP contribution in [0.1, 0.15) is 31.9 Å². The van der Waals surface area contributed by atoms with Gasteiger partial charge in [0.05, 0.1) is 8.95 Å². The topological polar surface area (TPSA) is 76.7 Å². The van der Waals surface area contributed by atoms with Gasteiger partial charge in [0, 0.05) is 4.47 Å². The fourth-order valence-corrected chi connectivity index (χ4v) is 4.50. The smallest absolute Gasteiger partial charge is 0.276 e. The van der Waals surface area contributed by atoms with E-state index in [2.05, 4.69) is 79.4 Å². The summed E-state index contributed by atoms with van der Waals surface area (Å²) in [5, 5.41) is 0. The van der Waals surface area contributed by atoms with Gasteiger partial charge < -0.3 is 9.47 Å². The third-order valence-corrected chi connectivity index (χ3v) is 5.71. The first kappa shape index (κ1) is 24.7. The van der Waals surface area contributed by atoms with Gasteiger partial charge in [-0.1, -0.05) is 42.8 Å². The van der Waals surface area contributed by atoms with E-state index in [0.29, 0.717) is 11.5 Å². The molecule has 2 rings (SSSR count). The zero-order valence-corrected chi connectivity index (χ0v) is 21.8. The molecular weight excluding hydrogens is 584 g/mol. The number of rotatable bonds is 6. The Balaban J connectivity index is 1.79. The molecule has 30 heavy (non-hydrogen) atoms. The molecule has 2 N–H and O–H groups in total. The maximum absolute atomic E-state index is 12.0. The lowest BCUT2D eigenvalue weighted by molar-refractivity contribution is -0.131. The molecule has 162 valence electrons. The molecule has 0 aliphatic carbocycles. The van der Waals surface area contributed by atoms with Crippen LogP contribution >= 0.6 is 47.8 Å². The first-order valence-electron chi connectivity index (χ1n) is 9.06. The molecule has 6 nitrogen and oxygen atoms in total. The minimum Gasteiger partial charge on any atom is -0.483 e. The van der Waals surface area contributed by atoms with Crippen molar-refractivity contribution in [3.63, 3.8) is 0 Å². The number of hydrogen-bond donors (Lipinski definition) is 2. The number of nitrogens with one attached hydrogen (secondary N) is 2. The standard InChI is InChI=1S/C21H23Br3N2O4/c1-12-7-14(22)9-16(24)20(12)30-11-19(28)26-25-18(27)10-29-17-6-5-13(8-15(17)23)21(2,3)4/h5-9H,10-11H2,1-4H3,(H,25,27)(H,26,28). The van der Waals surface area contributed by atoms with E-state index in [9.17, 15) is 9.59 Å². The summed E-state index contributed by atoms with van der Waals surface area (Å²) in [6, 6.07) is 9.44. The van der Waals surface area contributed by atoms with Crippen LogP contribution in [0, 0.1) is 6.92 Å². The normalized spacial score (nSPS) is 11.0. The van der Waals surface area contributed by atoms with Gasteiger partial charge in [0.25, 0.3) is 11.8 Å². The molecule has 0 fully saturated rings. The van der Waals surface area contributed by atoms with Crippen molar-refractivity contribution >= 4 is 59.6 Å². The average molecular weight is 607 g/mol. The summed E-state index contributed by atoms with van der Waals surface area (Å²) in [5.41, 5.74) is 6.63. The van der Waals surface area contributed by atoms with Gasteiger partial charge in [0.2, 0.25) is 0 Å². The van der Waals surface area contributed by atoms with Crippen LogP contribution in [0.15, 0.2) is 43.7 Å². The molecule has 0 atom stereocenters. The molecule has 0 aromatic heterocycles. The van der Waals surface area contributed by atoms with E-state index in [1.165, 1.54) is 0 Å². The zero-order valence-electron chi connectivity index (χ0n) is 17.1. The number of amides is 2. The van der Waals surface area contributed by atoms with Crippen LogP contribution in [-0.4, -0.2) is 25.0 Å². The number of ether oxygens (including phenoxy) is 2. The van der Waals surface area contributed by atoms with Crippen molar-refractivity contribution in [1.82, 2.24) is 10.9 Å². The molecule has 0 bridgehead atoms. The van der Waals surface area contributed by atoms with E-state index in [1.54, 1.807) is 0 Å². The second-order valence-corrected chi connectivity index (χ2v) is 10.2. The van der Waals surface area contributed by atoms with Crippen LogP contribution in [0.25, 0.3) is 0 Å². The Kier molecular flexibility index (Phi) is 8.75. The average Bonchev–Trinajstić information content (AvgIpc) is 2.63. The molecule has 0 radical (unpaired) electrons. The number of hydrogen-bond acceptors (Lipinski definition) is 4. The predicted octanol–water partition coefficient (Wildman–Crippen LogP) is 5.19. The van der Waals surface area contributed by atoms with Gasteiger partial charge in [-0.2, -0.15) is 0 Å². The van der Waals surface area contributed by atoms with Crippen molar-refractivity contribution in [3.05, 3.63) is 54.9 Å². The molecule has 2 amide bonds. The fraction of sp³-hybridized carbons (Fsp3) is 0.333. The van der Waals surface area contributed by atoms with Gasteiger partial charge in [0.1, 0.15) is 11.5 Å².